The number of benzene rings is 1. The molecular formula is C22H24N4O4. The van der Waals surface area contributed by atoms with E-state index in [-0.39, 0.29) is 11.3 Å². The SMILES string of the molecule is CCC(C(=N)C(=O)c1cc(OC)c(OC)c(OC)c1)c1ncc(-c2ccncc2)[nH]1. The molecule has 2 aromatic heterocycles. The van der Waals surface area contributed by atoms with Crippen LogP contribution in [-0.2, 0) is 0 Å². The van der Waals surface area contributed by atoms with Gasteiger partial charge in [-0.25, -0.2) is 4.98 Å². The zero-order chi connectivity index (χ0) is 21.7. The summed E-state index contributed by atoms with van der Waals surface area (Å²) in [5.41, 5.74) is 1.95. The Morgan fingerprint density at radius 1 is 1.10 bits per heavy atom. The van der Waals surface area contributed by atoms with E-state index in [0.717, 1.165) is 11.3 Å². The van der Waals surface area contributed by atoms with Crippen LogP contribution in [0.1, 0.15) is 35.4 Å². The summed E-state index contributed by atoms with van der Waals surface area (Å²) in [4.78, 5) is 24.8. The number of ether oxygens (including phenoxy) is 3. The molecule has 0 spiro atoms. The van der Waals surface area contributed by atoms with Crippen LogP contribution in [-0.4, -0.2) is 47.8 Å². The molecule has 2 heterocycles. The molecule has 8 nitrogen and oxygen atoms in total. The molecule has 0 bridgehead atoms. The van der Waals surface area contributed by atoms with Crippen LogP contribution in [0.15, 0.2) is 42.9 Å². The molecule has 0 aliphatic rings. The highest BCUT2D eigenvalue weighted by Crippen LogP contribution is 2.38. The summed E-state index contributed by atoms with van der Waals surface area (Å²) in [7, 11) is 4.46. The number of Topliss-reactive ketones (excluding diaryl/α,β-unsaturated/α-hetero) is 1. The number of hydrogen-bond donors (Lipinski definition) is 2. The van der Waals surface area contributed by atoms with Gasteiger partial charge in [-0.1, -0.05) is 6.92 Å². The second kappa shape index (κ2) is 9.21. The van der Waals surface area contributed by atoms with Gasteiger partial charge in [-0.15, -0.1) is 0 Å². The van der Waals surface area contributed by atoms with E-state index in [2.05, 4.69) is 15.0 Å². The second-order valence-electron chi connectivity index (χ2n) is 6.54. The predicted molar refractivity (Wildman–Crippen MR) is 113 cm³/mol. The number of nitrogens with one attached hydrogen (secondary N) is 2. The number of hydrogen-bond acceptors (Lipinski definition) is 7. The highest BCUT2D eigenvalue weighted by molar-refractivity contribution is 6.46. The Kier molecular flexibility index (Phi) is 6.46. The summed E-state index contributed by atoms with van der Waals surface area (Å²) < 4.78 is 15.9. The molecule has 0 radical (unpaired) electrons. The summed E-state index contributed by atoms with van der Waals surface area (Å²) in [5.74, 6) is 0.770. The van der Waals surface area contributed by atoms with Crippen molar-refractivity contribution in [2.24, 2.45) is 0 Å². The number of nitrogens with zero attached hydrogens (tertiary/aromatic N) is 2. The van der Waals surface area contributed by atoms with Crippen molar-refractivity contribution >= 4 is 11.5 Å². The van der Waals surface area contributed by atoms with E-state index in [1.165, 1.54) is 21.3 Å². The normalized spacial score (nSPS) is 11.6. The van der Waals surface area contributed by atoms with Gasteiger partial charge in [0.25, 0.3) is 0 Å². The lowest BCUT2D eigenvalue weighted by Crippen LogP contribution is -2.22. The van der Waals surface area contributed by atoms with Crippen molar-refractivity contribution in [3.05, 3.63) is 54.2 Å². The van der Waals surface area contributed by atoms with E-state index in [4.69, 9.17) is 19.6 Å². The Morgan fingerprint density at radius 2 is 1.73 bits per heavy atom. The molecule has 30 heavy (non-hydrogen) atoms. The van der Waals surface area contributed by atoms with Crippen LogP contribution in [0.4, 0.5) is 0 Å². The van der Waals surface area contributed by atoms with Gasteiger partial charge in [-0.2, -0.15) is 0 Å². The standard InChI is InChI=1S/C22H24N4O4/c1-5-15(22-25-12-16(26-22)13-6-8-24-9-7-13)19(23)20(27)14-10-17(28-2)21(30-4)18(11-14)29-3/h6-12,15,23H,5H2,1-4H3,(H,25,26). The van der Waals surface area contributed by atoms with Gasteiger partial charge in [0.2, 0.25) is 11.5 Å². The zero-order valence-electron chi connectivity index (χ0n) is 17.4. The lowest BCUT2D eigenvalue weighted by Gasteiger charge is -2.16. The van der Waals surface area contributed by atoms with E-state index in [0.29, 0.717) is 29.5 Å². The molecule has 1 aromatic carbocycles. The van der Waals surface area contributed by atoms with Gasteiger partial charge in [-0.05, 0) is 30.7 Å². The van der Waals surface area contributed by atoms with Gasteiger partial charge < -0.3 is 24.6 Å². The minimum absolute atomic E-state index is 0.0672. The first kappa shape index (κ1) is 21.0. The molecule has 156 valence electrons. The molecule has 1 atom stereocenters. The minimum atomic E-state index is -0.479. The first-order chi connectivity index (χ1) is 14.5. The number of H-pyrrole nitrogens is 1. The molecule has 3 aromatic rings. The molecule has 0 saturated heterocycles. The third-order valence-corrected chi connectivity index (χ3v) is 4.85. The lowest BCUT2D eigenvalue weighted by molar-refractivity contribution is 0.106. The van der Waals surface area contributed by atoms with Crippen molar-refractivity contribution in [2.75, 3.05) is 21.3 Å². The van der Waals surface area contributed by atoms with E-state index >= 15 is 0 Å². The number of rotatable bonds is 9. The van der Waals surface area contributed by atoms with Crippen LogP contribution < -0.4 is 14.2 Å². The summed E-state index contributed by atoms with van der Waals surface area (Å²) in [5, 5.41) is 8.56. The number of methoxy groups -OCH3 is 3. The molecule has 2 N–H and O–H groups in total. The topological polar surface area (TPSA) is 110 Å². The van der Waals surface area contributed by atoms with Gasteiger partial charge in [0.15, 0.2) is 11.5 Å². The molecule has 0 aliphatic heterocycles. The molecule has 0 aliphatic carbocycles. The maximum Gasteiger partial charge on any atom is 0.207 e. The summed E-state index contributed by atoms with van der Waals surface area (Å²) in [6.07, 6.45) is 5.63. The Morgan fingerprint density at radius 3 is 2.27 bits per heavy atom. The van der Waals surface area contributed by atoms with Crippen molar-refractivity contribution in [3.8, 4) is 28.5 Å². The minimum Gasteiger partial charge on any atom is -0.493 e. The van der Waals surface area contributed by atoms with Crippen LogP contribution in [0.5, 0.6) is 17.2 Å². The fraction of sp³-hybridized carbons (Fsp3) is 0.273. The monoisotopic (exact) mass is 408 g/mol. The van der Waals surface area contributed by atoms with Crippen LogP contribution in [0.25, 0.3) is 11.3 Å². The molecule has 1 unspecified atom stereocenters. The summed E-state index contributed by atoms with van der Waals surface area (Å²) >= 11 is 0. The largest absolute Gasteiger partial charge is 0.493 e. The Balaban J connectivity index is 1.91. The van der Waals surface area contributed by atoms with Crippen LogP contribution in [0, 0.1) is 5.41 Å². The van der Waals surface area contributed by atoms with Crippen molar-refractivity contribution < 1.29 is 19.0 Å². The van der Waals surface area contributed by atoms with Gasteiger partial charge in [0.05, 0.1) is 44.8 Å². The average Bonchev–Trinajstić information content (AvgIpc) is 3.28. The smallest absolute Gasteiger partial charge is 0.207 e. The Hall–Kier alpha value is -3.68. The third kappa shape index (κ3) is 4.03. The van der Waals surface area contributed by atoms with Crippen molar-refractivity contribution in [3.63, 3.8) is 0 Å². The number of aromatic amines is 1. The fourth-order valence-corrected chi connectivity index (χ4v) is 3.25. The van der Waals surface area contributed by atoms with E-state index in [1.807, 2.05) is 19.1 Å². The molecule has 0 amide bonds. The van der Waals surface area contributed by atoms with Crippen LogP contribution >= 0.6 is 0 Å². The highest BCUT2D eigenvalue weighted by Gasteiger charge is 2.27. The Bertz CT molecular complexity index is 1020. The molecule has 3 rings (SSSR count). The molecular weight excluding hydrogens is 384 g/mol. The predicted octanol–water partition coefficient (Wildman–Crippen LogP) is 3.89. The van der Waals surface area contributed by atoms with Gasteiger partial charge in [0.1, 0.15) is 5.82 Å². The lowest BCUT2D eigenvalue weighted by atomic mass is 9.92. The second-order valence-corrected chi connectivity index (χ2v) is 6.54. The number of carbonyl (C=O) groups is 1. The van der Waals surface area contributed by atoms with Gasteiger partial charge in [0, 0.05) is 23.5 Å². The summed E-state index contributed by atoms with van der Waals surface area (Å²) in [6.45, 7) is 1.91. The average molecular weight is 408 g/mol. The van der Waals surface area contributed by atoms with Crippen LogP contribution in [0.2, 0.25) is 0 Å². The summed E-state index contributed by atoms with van der Waals surface area (Å²) in [6, 6.07) is 6.83. The molecule has 0 fully saturated rings. The van der Waals surface area contributed by atoms with Crippen molar-refractivity contribution in [1.82, 2.24) is 15.0 Å². The molecule has 0 saturated carbocycles. The van der Waals surface area contributed by atoms with E-state index in [9.17, 15) is 4.79 Å². The van der Waals surface area contributed by atoms with Crippen molar-refractivity contribution in [1.29, 1.82) is 5.41 Å². The van der Waals surface area contributed by atoms with Gasteiger partial charge >= 0.3 is 0 Å². The number of aromatic nitrogens is 3. The maximum absolute atomic E-state index is 13.1. The maximum atomic E-state index is 13.1. The van der Waals surface area contributed by atoms with E-state index < -0.39 is 11.7 Å². The van der Waals surface area contributed by atoms with Crippen LogP contribution in [0.3, 0.4) is 0 Å². The van der Waals surface area contributed by atoms with E-state index in [1.54, 1.807) is 30.7 Å². The zero-order valence-corrected chi connectivity index (χ0v) is 17.4. The number of imidazole rings is 1. The first-order valence-corrected chi connectivity index (χ1v) is 9.42. The molecule has 8 heteroatoms. The van der Waals surface area contributed by atoms with Gasteiger partial charge in [-0.3, -0.25) is 9.78 Å². The highest BCUT2D eigenvalue weighted by atomic mass is 16.5. The number of pyridine rings is 1. The van der Waals surface area contributed by atoms with Crippen molar-refractivity contribution in [2.45, 2.75) is 19.3 Å². The number of ketones is 1. The Labute approximate surface area is 174 Å². The number of carbonyl (C=O) groups excluding carboxylic acids is 1. The quantitative estimate of drug-likeness (QED) is 0.410. The third-order valence-electron chi connectivity index (χ3n) is 4.85. The fourth-order valence-electron chi connectivity index (χ4n) is 3.25. The first-order valence-electron chi connectivity index (χ1n) is 9.42.